The number of amides is 1. The topological polar surface area (TPSA) is 73.4 Å². The molecule has 0 bridgehead atoms. The molecule has 4 N–H and O–H groups in total. The maximum Gasteiger partial charge on any atom is 0.221 e. The van der Waals surface area contributed by atoms with Gasteiger partial charge in [-0.25, -0.2) is 0 Å². The monoisotopic (exact) mass is 363 g/mol. The van der Waals surface area contributed by atoms with E-state index in [9.17, 15) is 4.79 Å². The van der Waals surface area contributed by atoms with Crippen LogP contribution >= 0.6 is 23.8 Å². The zero-order valence-corrected chi connectivity index (χ0v) is 14.7. The molecular formula is C17H18ClN3O2S. The molecule has 0 saturated carbocycles. The van der Waals surface area contributed by atoms with Crippen molar-refractivity contribution in [3.05, 3.63) is 53.1 Å². The van der Waals surface area contributed by atoms with Gasteiger partial charge in [0.2, 0.25) is 5.91 Å². The summed E-state index contributed by atoms with van der Waals surface area (Å²) in [5, 5.41) is 18.8. The van der Waals surface area contributed by atoms with Gasteiger partial charge in [-0.05, 0) is 60.6 Å². The SMILES string of the molecule is CC(=O)Nc1ccc(NC(=S)Nc2ccc(CCO)c(Cl)c2)cc1. The Morgan fingerprint density at radius 2 is 1.58 bits per heavy atom. The van der Waals surface area contributed by atoms with Crippen LogP contribution in [0.3, 0.4) is 0 Å². The molecule has 0 spiro atoms. The van der Waals surface area contributed by atoms with Crippen molar-refractivity contribution in [2.45, 2.75) is 13.3 Å². The maximum absolute atomic E-state index is 11.0. The molecule has 0 saturated heterocycles. The lowest BCUT2D eigenvalue weighted by Gasteiger charge is -2.12. The van der Waals surface area contributed by atoms with Gasteiger partial charge in [0, 0.05) is 35.6 Å². The van der Waals surface area contributed by atoms with Crippen molar-refractivity contribution in [1.29, 1.82) is 0 Å². The van der Waals surface area contributed by atoms with E-state index in [0.717, 1.165) is 22.6 Å². The summed E-state index contributed by atoms with van der Waals surface area (Å²) in [6.45, 7) is 1.52. The van der Waals surface area contributed by atoms with Crippen LogP contribution in [0.1, 0.15) is 12.5 Å². The fourth-order valence-corrected chi connectivity index (χ4v) is 2.59. The van der Waals surface area contributed by atoms with Gasteiger partial charge in [0.25, 0.3) is 0 Å². The molecule has 0 atom stereocenters. The molecule has 0 radical (unpaired) electrons. The molecule has 2 aromatic carbocycles. The van der Waals surface area contributed by atoms with E-state index >= 15 is 0 Å². The minimum atomic E-state index is -0.116. The van der Waals surface area contributed by atoms with Crippen molar-refractivity contribution < 1.29 is 9.90 Å². The summed E-state index contributed by atoms with van der Waals surface area (Å²) in [4.78, 5) is 11.0. The number of hydrogen-bond donors (Lipinski definition) is 4. The number of rotatable bonds is 5. The van der Waals surface area contributed by atoms with Crippen LogP contribution in [-0.2, 0) is 11.2 Å². The number of carbonyl (C=O) groups excluding carboxylic acids is 1. The third kappa shape index (κ3) is 5.49. The first-order valence-corrected chi connectivity index (χ1v) is 8.11. The van der Waals surface area contributed by atoms with E-state index in [1.54, 1.807) is 18.2 Å². The minimum absolute atomic E-state index is 0.0565. The van der Waals surface area contributed by atoms with E-state index in [0.29, 0.717) is 16.6 Å². The third-order valence-electron chi connectivity index (χ3n) is 3.16. The normalized spacial score (nSPS) is 10.1. The van der Waals surface area contributed by atoms with E-state index in [1.807, 2.05) is 24.3 Å². The van der Waals surface area contributed by atoms with Crippen LogP contribution in [0.2, 0.25) is 5.02 Å². The predicted molar refractivity (Wildman–Crippen MR) is 103 cm³/mol. The Kier molecular flexibility index (Phi) is 6.54. The highest BCUT2D eigenvalue weighted by atomic mass is 35.5. The average molecular weight is 364 g/mol. The van der Waals surface area contributed by atoms with E-state index < -0.39 is 0 Å². The van der Waals surface area contributed by atoms with E-state index in [4.69, 9.17) is 28.9 Å². The summed E-state index contributed by atoms with van der Waals surface area (Å²) in [5.41, 5.74) is 3.16. The van der Waals surface area contributed by atoms with Gasteiger partial charge >= 0.3 is 0 Å². The first-order valence-electron chi connectivity index (χ1n) is 7.33. The average Bonchev–Trinajstić information content (AvgIpc) is 2.51. The first-order chi connectivity index (χ1) is 11.5. The molecule has 0 fully saturated rings. The molecule has 2 rings (SSSR count). The molecule has 7 heteroatoms. The van der Waals surface area contributed by atoms with Gasteiger partial charge in [-0.1, -0.05) is 17.7 Å². The Labute approximate surface area is 151 Å². The number of benzene rings is 2. The molecule has 0 aromatic heterocycles. The highest BCUT2D eigenvalue weighted by Crippen LogP contribution is 2.22. The Hall–Kier alpha value is -2.15. The maximum atomic E-state index is 11.0. The Balaban J connectivity index is 1.95. The van der Waals surface area contributed by atoms with Gasteiger partial charge < -0.3 is 21.1 Å². The number of anilines is 3. The number of halogens is 1. The fourth-order valence-electron chi connectivity index (χ4n) is 2.08. The van der Waals surface area contributed by atoms with Gasteiger partial charge in [-0.2, -0.15) is 0 Å². The van der Waals surface area contributed by atoms with Gasteiger partial charge in [0.15, 0.2) is 5.11 Å². The predicted octanol–water partition coefficient (Wildman–Crippen LogP) is 3.64. The van der Waals surface area contributed by atoms with E-state index in [-0.39, 0.29) is 12.5 Å². The number of aliphatic hydroxyl groups excluding tert-OH is 1. The Morgan fingerprint density at radius 1 is 1.04 bits per heavy atom. The molecule has 0 aliphatic carbocycles. The van der Waals surface area contributed by atoms with Crippen molar-refractivity contribution >= 4 is 51.9 Å². The van der Waals surface area contributed by atoms with Crippen molar-refractivity contribution in [3.8, 4) is 0 Å². The largest absolute Gasteiger partial charge is 0.396 e. The second kappa shape index (κ2) is 8.63. The summed E-state index contributed by atoms with van der Waals surface area (Å²) in [6, 6.07) is 12.7. The molecule has 2 aromatic rings. The van der Waals surface area contributed by atoms with Crippen molar-refractivity contribution in [3.63, 3.8) is 0 Å². The van der Waals surface area contributed by atoms with Crippen LogP contribution in [0, 0.1) is 0 Å². The lowest BCUT2D eigenvalue weighted by Crippen LogP contribution is -2.19. The summed E-state index contributed by atoms with van der Waals surface area (Å²) in [6.07, 6.45) is 0.516. The fraction of sp³-hybridized carbons (Fsp3) is 0.176. The molecule has 0 unspecified atom stereocenters. The molecule has 0 aliphatic heterocycles. The number of carbonyl (C=O) groups is 1. The quantitative estimate of drug-likeness (QED) is 0.610. The second-order valence-corrected chi connectivity index (χ2v) is 5.93. The zero-order chi connectivity index (χ0) is 17.5. The van der Waals surface area contributed by atoms with Crippen LogP contribution in [0.15, 0.2) is 42.5 Å². The molecule has 0 heterocycles. The van der Waals surface area contributed by atoms with Crippen molar-refractivity contribution in [2.75, 3.05) is 22.6 Å². The summed E-state index contributed by atoms with van der Waals surface area (Å²) in [5.74, 6) is -0.116. The molecule has 126 valence electrons. The summed E-state index contributed by atoms with van der Waals surface area (Å²) < 4.78 is 0. The van der Waals surface area contributed by atoms with Crippen molar-refractivity contribution in [1.82, 2.24) is 0 Å². The second-order valence-electron chi connectivity index (χ2n) is 5.12. The van der Waals surface area contributed by atoms with E-state index in [1.165, 1.54) is 6.92 Å². The Morgan fingerprint density at radius 3 is 2.12 bits per heavy atom. The smallest absolute Gasteiger partial charge is 0.221 e. The van der Waals surface area contributed by atoms with Gasteiger partial charge in [0.1, 0.15) is 0 Å². The number of nitrogens with one attached hydrogen (secondary N) is 3. The number of thiocarbonyl (C=S) groups is 1. The molecule has 1 amide bonds. The highest BCUT2D eigenvalue weighted by molar-refractivity contribution is 7.80. The van der Waals surface area contributed by atoms with Gasteiger partial charge in [-0.3, -0.25) is 4.79 Å². The molecule has 24 heavy (non-hydrogen) atoms. The van der Waals surface area contributed by atoms with E-state index in [2.05, 4.69) is 16.0 Å². The minimum Gasteiger partial charge on any atom is -0.396 e. The summed E-state index contributed by atoms with van der Waals surface area (Å²) in [7, 11) is 0. The number of hydrogen-bond acceptors (Lipinski definition) is 3. The Bertz CT molecular complexity index is 735. The lowest BCUT2D eigenvalue weighted by molar-refractivity contribution is -0.114. The van der Waals surface area contributed by atoms with Crippen LogP contribution < -0.4 is 16.0 Å². The van der Waals surface area contributed by atoms with Gasteiger partial charge in [-0.15, -0.1) is 0 Å². The van der Waals surface area contributed by atoms with Crippen LogP contribution in [0.25, 0.3) is 0 Å². The van der Waals surface area contributed by atoms with Crippen LogP contribution in [0.4, 0.5) is 17.1 Å². The van der Waals surface area contributed by atoms with Gasteiger partial charge in [0.05, 0.1) is 0 Å². The zero-order valence-electron chi connectivity index (χ0n) is 13.1. The van der Waals surface area contributed by atoms with Crippen molar-refractivity contribution in [2.24, 2.45) is 0 Å². The third-order valence-corrected chi connectivity index (χ3v) is 3.71. The highest BCUT2D eigenvalue weighted by Gasteiger charge is 2.04. The number of aliphatic hydroxyl groups is 1. The summed E-state index contributed by atoms with van der Waals surface area (Å²) >= 11 is 11.4. The molecule has 0 aliphatic rings. The molecular weight excluding hydrogens is 346 g/mol. The standard InChI is InChI=1S/C17H18ClN3O2S/c1-11(23)19-13-4-6-14(7-5-13)20-17(24)21-15-3-2-12(8-9-22)16(18)10-15/h2-7,10,22H,8-9H2,1H3,(H,19,23)(H2,20,21,24). The lowest BCUT2D eigenvalue weighted by atomic mass is 10.1. The first kappa shape index (κ1) is 18.2. The molecule has 5 nitrogen and oxygen atoms in total. The van der Waals surface area contributed by atoms with Crippen LogP contribution in [-0.4, -0.2) is 22.7 Å². The van der Waals surface area contributed by atoms with Crippen LogP contribution in [0.5, 0.6) is 0 Å².